The fraction of sp³-hybridized carbons (Fsp3) is 0.533. The predicted molar refractivity (Wildman–Crippen MR) is 98.3 cm³/mol. The number of hydrogen-bond acceptors (Lipinski definition) is 3. The molecular formula is C15H23Cl2N3O3S. The molecule has 24 heavy (non-hydrogen) atoms. The lowest BCUT2D eigenvalue weighted by Gasteiger charge is -2.17. The second-order valence-corrected chi connectivity index (χ2v) is 8.17. The minimum Gasteiger partial charge on any atom is -0.338 e. The molecule has 0 bridgehead atoms. The van der Waals surface area contributed by atoms with Crippen molar-refractivity contribution < 1.29 is 13.2 Å². The van der Waals surface area contributed by atoms with Crippen LogP contribution in [-0.2, 0) is 16.4 Å². The summed E-state index contributed by atoms with van der Waals surface area (Å²) in [6.45, 7) is 3.45. The quantitative estimate of drug-likeness (QED) is 0.630. The van der Waals surface area contributed by atoms with Crippen LogP contribution in [0.25, 0.3) is 0 Å². The van der Waals surface area contributed by atoms with Crippen molar-refractivity contribution in [2.75, 3.05) is 32.4 Å². The third-order valence-electron chi connectivity index (χ3n) is 3.31. The minimum atomic E-state index is -3.18. The molecule has 0 saturated carbocycles. The highest BCUT2D eigenvalue weighted by atomic mass is 35.5. The topological polar surface area (TPSA) is 78.5 Å². The van der Waals surface area contributed by atoms with Crippen LogP contribution < -0.4 is 10.6 Å². The number of carbonyl (C=O) groups excluding carboxylic acids is 1. The van der Waals surface area contributed by atoms with E-state index in [0.717, 1.165) is 5.56 Å². The fourth-order valence-electron chi connectivity index (χ4n) is 2.15. The van der Waals surface area contributed by atoms with E-state index in [1.165, 1.54) is 10.6 Å². The van der Waals surface area contributed by atoms with E-state index in [1.807, 2.05) is 0 Å². The van der Waals surface area contributed by atoms with Crippen molar-refractivity contribution in [2.45, 2.75) is 19.8 Å². The van der Waals surface area contributed by atoms with Crippen LogP contribution in [0.5, 0.6) is 0 Å². The number of nitrogens with zero attached hydrogens (tertiary/aromatic N) is 1. The Hall–Kier alpha value is -1.02. The fourth-order valence-corrected chi connectivity index (χ4v) is 3.65. The molecular weight excluding hydrogens is 373 g/mol. The van der Waals surface area contributed by atoms with Crippen molar-refractivity contribution in [2.24, 2.45) is 0 Å². The van der Waals surface area contributed by atoms with Crippen LogP contribution in [0.4, 0.5) is 4.79 Å². The Morgan fingerprint density at radius 1 is 1.12 bits per heavy atom. The maximum Gasteiger partial charge on any atom is 0.314 e. The Bertz CT molecular complexity index is 633. The van der Waals surface area contributed by atoms with Gasteiger partial charge >= 0.3 is 6.03 Å². The molecule has 0 atom stereocenters. The molecule has 9 heteroatoms. The third-order valence-corrected chi connectivity index (χ3v) is 5.13. The standard InChI is InChI=1S/C15H23Cl2N3O3S/c1-3-20(24(2,22)23)8-4-6-18-15(21)19-7-5-12-9-13(16)11-14(17)10-12/h9-11H,3-8H2,1-2H3,(H2,18,19,21). The summed E-state index contributed by atoms with van der Waals surface area (Å²) in [5, 5.41) is 6.56. The van der Waals surface area contributed by atoms with Crippen molar-refractivity contribution >= 4 is 39.3 Å². The highest BCUT2D eigenvalue weighted by molar-refractivity contribution is 7.88. The van der Waals surface area contributed by atoms with Crippen LogP contribution >= 0.6 is 23.2 Å². The summed E-state index contributed by atoms with van der Waals surface area (Å²) in [7, 11) is -3.18. The van der Waals surface area contributed by atoms with Gasteiger partial charge in [0.15, 0.2) is 0 Å². The molecule has 0 heterocycles. The lowest BCUT2D eigenvalue weighted by Crippen LogP contribution is -2.38. The molecule has 6 nitrogen and oxygen atoms in total. The molecule has 1 aromatic carbocycles. The zero-order valence-corrected chi connectivity index (χ0v) is 16.1. The van der Waals surface area contributed by atoms with Gasteiger partial charge < -0.3 is 10.6 Å². The first kappa shape index (κ1) is 21.0. The Labute approximate surface area is 153 Å². The second kappa shape index (κ2) is 10.1. The summed E-state index contributed by atoms with van der Waals surface area (Å²) in [6, 6.07) is 4.98. The first-order valence-corrected chi connectivity index (χ1v) is 10.2. The van der Waals surface area contributed by atoms with E-state index >= 15 is 0 Å². The summed E-state index contributed by atoms with van der Waals surface area (Å²) in [5.74, 6) is 0. The van der Waals surface area contributed by atoms with Gasteiger partial charge in [0.25, 0.3) is 0 Å². The zero-order valence-electron chi connectivity index (χ0n) is 13.8. The van der Waals surface area contributed by atoms with Gasteiger partial charge in [0.05, 0.1) is 6.26 Å². The number of halogens is 2. The van der Waals surface area contributed by atoms with Gasteiger partial charge in [-0.15, -0.1) is 0 Å². The van der Waals surface area contributed by atoms with Gasteiger partial charge in [-0.05, 0) is 36.6 Å². The number of amides is 2. The van der Waals surface area contributed by atoms with Crippen LogP contribution in [0, 0.1) is 0 Å². The monoisotopic (exact) mass is 395 g/mol. The van der Waals surface area contributed by atoms with E-state index < -0.39 is 10.0 Å². The van der Waals surface area contributed by atoms with Crippen molar-refractivity contribution in [3.8, 4) is 0 Å². The average molecular weight is 396 g/mol. The van der Waals surface area contributed by atoms with Crippen molar-refractivity contribution in [1.82, 2.24) is 14.9 Å². The summed E-state index contributed by atoms with van der Waals surface area (Å²) in [5.41, 5.74) is 0.944. The summed E-state index contributed by atoms with van der Waals surface area (Å²) in [6.07, 6.45) is 2.35. The smallest absolute Gasteiger partial charge is 0.314 e. The molecule has 0 spiro atoms. The van der Waals surface area contributed by atoms with Gasteiger partial charge in [-0.1, -0.05) is 30.1 Å². The van der Waals surface area contributed by atoms with E-state index in [-0.39, 0.29) is 6.03 Å². The number of benzene rings is 1. The highest BCUT2D eigenvalue weighted by Gasteiger charge is 2.13. The summed E-state index contributed by atoms with van der Waals surface area (Å²) < 4.78 is 24.2. The SMILES string of the molecule is CCN(CCCNC(=O)NCCc1cc(Cl)cc(Cl)c1)S(C)(=O)=O. The molecule has 1 aromatic rings. The van der Waals surface area contributed by atoms with Crippen molar-refractivity contribution in [3.05, 3.63) is 33.8 Å². The lowest BCUT2D eigenvalue weighted by molar-refractivity contribution is 0.240. The molecule has 0 aliphatic rings. The van der Waals surface area contributed by atoms with Crippen LogP contribution in [0.2, 0.25) is 10.0 Å². The highest BCUT2D eigenvalue weighted by Crippen LogP contribution is 2.19. The molecule has 0 fully saturated rings. The van der Waals surface area contributed by atoms with Crippen LogP contribution in [0.15, 0.2) is 18.2 Å². The molecule has 0 unspecified atom stereocenters. The number of sulfonamides is 1. The van der Waals surface area contributed by atoms with Crippen molar-refractivity contribution in [3.63, 3.8) is 0 Å². The molecule has 0 aromatic heterocycles. The van der Waals surface area contributed by atoms with E-state index in [4.69, 9.17) is 23.2 Å². The zero-order chi connectivity index (χ0) is 18.2. The summed E-state index contributed by atoms with van der Waals surface area (Å²) in [4.78, 5) is 11.7. The maximum atomic E-state index is 11.7. The van der Waals surface area contributed by atoms with Gasteiger partial charge in [-0.3, -0.25) is 0 Å². The van der Waals surface area contributed by atoms with Crippen LogP contribution in [0.1, 0.15) is 18.9 Å². The number of urea groups is 1. The van der Waals surface area contributed by atoms with Crippen molar-refractivity contribution in [1.29, 1.82) is 0 Å². The Kier molecular flexibility index (Phi) is 8.83. The third kappa shape index (κ3) is 8.19. The van der Waals surface area contributed by atoms with Gasteiger partial charge in [-0.2, -0.15) is 0 Å². The average Bonchev–Trinajstić information content (AvgIpc) is 2.44. The van der Waals surface area contributed by atoms with Gasteiger partial charge in [-0.25, -0.2) is 17.5 Å². The number of nitrogens with one attached hydrogen (secondary N) is 2. The Morgan fingerprint density at radius 3 is 2.25 bits per heavy atom. The molecule has 1 rings (SSSR count). The number of rotatable bonds is 9. The number of hydrogen-bond donors (Lipinski definition) is 2. The minimum absolute atomic E-state index is 0.287. The predicted octanol–water partition coefficient (Wildman–Crippen LogP) is 2.51. The molecule has 136 valence electrons. The normalized spacial score (nSPS) is 11.5. The lowest BCUT2D eigenvalue weighted by atomic mass is 10.1. The Balaban J connectivity index is 2.23. The van der Waals surface area contributed by atoms with E-state index in [0.29, 0.717) is 49.1 Å². The molecule has 0 saturated heterocycles. The van der Waals surface area contributed by atoms with Crippen LogP contribution in [0.3, 0.4) is 0 Å². The summed E-state index contributed by atoms with van der Waals surface area (Å²) >= 11 is 11.8. The van der Waals surface area contributed by atoms with E-state index in [2.05, 4.69) is 10.6 Å². The van der Waals surface area contributed by atoms with E-state index in [1.54, 1.807) is 25.1 Å². The number of carbonyl (C=O) groups is 1. The first-order valence-electron chi connectivity index (χ1n) is 7.64. The Morgan fingerprint density at radius 2 is 1.71 bits per heavy atom. The molecule has 2 amide bonds. The molecule has 0 aliphatic heterocycles. The maximum absolute atomic E-state index is 11.7. The largest absolute Gasteiger partial charge is 0.338 e. The molecule has 0 radical (unpaired) electrons. The van der Waals surface area contributed by atoms with Gasteiger partial charge in [0.1, 0.15) is 0 Å². The van der Waals surface area contributed by atoms with Crippen LogP contribution in [-0.4, -0.2) is 51.2 Å². The van der Waals surface area contributed by atoms with E-state index in [9.17, 15) is 13.2 Å². The second-order valence-electron chi connectivity index (χ2n) is 5.32. The molecule has 2 N–H and O–H groups in total. The van der Waals surface area contributed by atoms with Gasteiger partial charge in [0.2, 0.25) is 10.0 Å². The van der Waals surface area contributed by atoms with Gasteiger partial charge in [0, 0.05) is 36.2 Å². The molecule has 0 aliphatic carbocycles. The first-order chi connectivity index (χ1) is 11.2.